The highest BCUT2D eigenvalue weighted by Crippen LogP contribution is 2.13. The highest BCUT2D eigenvalue weighted by Gasteiger charge is 2.30. The van der Waals surface area contributed by atoms with Crippen molar-refractivity contribution in [3.63, 3.8) is 0 Å². The van der Waals surface area contributed by atoms with E-state index in [9.17, 15) is 22.8 Å². The number of benzene rings is 1. The van der Waals surface area contributed by atoms with Crippen LogP contribution in [0.1, 0.15) is 34.6 Å². The first-order chi connectivity index (χ1) is 11.0. The van der Waals surface area contributed by atoms with Crippen LogP contribution in [0.5, 0.6) is 0 Å². The smallest absolute Gasteiger partial charge is 0.353 e. The van der Waals surface area contributed by atoms with Gasteiger partial charge in [0, 0.05) is 0 Å². The Morgan fingerprint density at radius 1 is 1.29 bits per heavy atom. The molecule has 0 aliphatic carbocycles. The number of hydrogen-bond donors (Lipinski definition) is 2. The first-order valence-corrected chi connectivity index (χ1v) is 8.28. The average molecular weight is 355 g/mol. The van der Waals surface area contributed by atoms with Crippen LogP contribution in [0.25, 0.3) is 0 Å². The molecule has 9 heteroatoms. The molecule has 0 aliphatic rings. The van der Waals surface area contributed by atoms with E-state index in [1.807, 2.05) is 0 Å². The van der Waals surface area contributed by atoms with Gasteiger partial charge in [-0.25, -0.2) is 9.59 Å². The van der Waals surface area contributed by atoms with Crippen molar-refractivity contribution in [1.29, 1.82) is 0 Å². The molecule has 0 radical (unpaired) electrons. The van der Waals surface area contributed by atoms with E-state index in [1.54, 1.807) is 0 Å². The maximum Gasteiger partial charge on any atom is 0.353 e. The van der Waals surface area contributed by atoms with Crippen molar-refractivity contribution < 1.29 is 32.1 Å². The SMILES string of the molecule is C=CC(=O)NC(C)(C)CS(=O)(=O)OC(=O)c1cccc(C(=O)O)c1. The molecule has 8 nitrogen and oxygen atoms in total. The summed E-state index contributed by atoms with van der Waals surface area (Å²) >= 11 is 0. The van der Waals surface area contributed by atoms with Crippen LogP contribution in [0, 0.1) is 0 Å². The number of rotatable bonds is 7. The van der Waals surface area contributed by atoms with Gasteiger partial charge in [-0.3, -0.25) is 4.79 Å². The molecular formula is C15H17NO7S. The Balaban J connectivity index is 2.88. The van der Waals surface area contributed by atoms with Gasteiger partial charge in [-0.15, -0.1) is 0 Å². The van der Waals surface area contributed by atoms with E-state index in [4.69, 9.17) is 5.11 Å². The lowest BCUT2D eigenvalue weighted by Gasteiger charge is -2.24. The Bertz CT molecular complexity index is 781. The fraction of sp³-hybridized carbons (Fsp3) is 0.267. The predicted molar refractivity (Wildman–Crippen MR) is 85.0 cm³/mol. The molecule has 0 unspecified atom stereocenters. The van der Waals surface area contributed by atoms with Crippen molar-refractivity contribution in [3.05, 3.63) is 48.0 Å². The minimum atomic E-state index is -4.32. The lowest BCUT2D eigenvalue weighted by Crippen LogP contribution is -2.48. The van der Waals surface area contributed by atoms with Crippen molar-refractivity contribution in [3.8, 4) is 0 Å². The largest absolute Gasteiger partial charge is 0.478 e. The molecule has 0 aromatic heterocycles. The fourth-order valence-electron chi connectivity index (χ4n) is 1.83. The highest BCUT2D eigenvalue weighted by atomic mass is 32.2. The van der Waals surface area contributed by atoms with Gasteiger partial charge in [0.05, 0.1) is 16.7 Å². The number of amides is 1. The minimum Gasteiger partial charge on any atom is -0.478 e. The van der Waals surface area contributed by atoms with Gasteiger partial charge < -0.3 is 14.6 Å². The molecule has 1 aromatic carbocycles. The number of carboxylic acid groups (broad SMARTS) is 1. The predicted octanol–water partition coefficient (Wildman–Crippen LogP) is 0.952. The Labute approximate surface area is 139 Å². The first-order valence-electron chi connectivity index (χ1n) is 6.70. The zero-order chi connectivity index (χ0) is 18.5. The van der Waals surface area contributed by atoms with Gasteiger partial charge in [-0.1, -0.05) is 12.6 Å². The molecule has 130 valence electrons. The van der Waals surface area contributed by atoms with E-state index >= 15 is 0 Å². The van der Waals surface area contributed by atoms with Crippen molar-refractivity contribution in [2.45, 2.75) is 19.4 Å². The summed E-state index contributed by atoms with van der Waals surface area (Å²) in [7, 11) is -4.32. The normalized spacial score (nSPS) is 11.4. The lowest BCUT2D eigenvalue weighted by molar-refractivity contribution is -0.117. The van der Waals surface area contributed by atoms with E-state index in [0.29, 0.717) is 0 Å². The van der Waals surface area contributed by atoms with E-state index < -0.39 is 39.3 Å². The minimum absolute atomic E-state index is 0.180. The van der Waals surface area contributed by atoms with E-state index in [0.717, 1.165) is 12.1 Å². The summed E-state index contributed by atoms with van der Waals surface area (Å²) in [6, 6.07) is 4.78. The Morgan fingerprint density at radius 2 is 1.88 bits per heavy atom. The van der Waals surface area contributed by atoms with Crippen LogP contribution < -0.4 is 5.32 Å². The fourth-order valence-corrected chi connectivity index (χ4v) is 3.18. The summed E-state index contributed by atoms with van der Waals surface area (Å²) in [6.07, 6.45) is 0.984. The maximum atomic E-state index is 12.0. The lowest BCUT2D eigenvalue weighted by atomic mass is 10.1. The third-order valence-electron chi connectivity index (χ3n) is 2.73. The molecule has 0 fully saturated rings. The quantitative estimate of drug-likeness (QED) is 0.551. The number of carbonyl (C=O) groups excluding carboxylic acids is 2. The molecule has 24 heavy (non-hydrogen) atoms. The molecule has 1 rings (SSSR count). The number of hydrogen-bond acceptors (Lipinski definition) is 6. The maximum absolute atomic E-state index is 12.0. The molecule has 1 aromatic rings. The van der Waals surface area contributed by atoms with Crippen LogP contribution in [0.2, 0.25) is 0 Å². The van der Waals surface area contributed by atoms with Crippen molar-refractivity contribution in [1.82, 2.24) is 5.32 Å². The monoisotopic (exact) mass is 355 g/mol. The summed E-state index contributed by atoms with van der Waals surface area (Å²) in [5, 5.41) is 11.3. The molecule has 0 saturated carbocycles. The molecule has 0 atom stereocenters. The zero-order valence-corrected chi connectivity index (χ0v) is 13.9. The van der Waals surface area contributed by atoms with E-state index in [1.165, 1.54) is 32.0 Å². The van der Waals surface area contributed by atoms with Gasteiger partial charge in [-0.05, 0) is 38.1 Å². The Kier molecular flexibility index (Phi) is 5.86. The second-order valence-electron chi connectivity index (χ2n) is 5.54. The number of carbonyl (C=O) groups is 3. The van der Waals surface area contributed by atoms with Gasteiger partial charge in [0.2, 0.25) is 5.91 Å². The standard InChI is InChI=1S/C15H17NO7S/c1-4-12(17)16-15(2,3)9-24(21,22)23-14(20)11-7-5-6-10(8-11)13(18)19/h4-8H,1,9H2,2-3H3,(H,16,17)(H,18,19). The van der Waals surface area contributed by atoms with Gasteiger partial charge in [0.15, 0.2) is 0 Å². The van der Waals surface area contributed by atoms with Crippen molar-refractivity contribution in [2.75, 3.05) is 5.75 Å². The summed E-state index contributed by atoms with van der Waals surface area (Å²) in [5.41, 5.74) is -1.60. The number of aromatic carboxylic acids is 1. The molecule has 0 bridgehead atoms. The van der Waals surface area contributed by atoms with Gasteiger partial charge >= 0.3 is 22.1 Å². The highest BCUT2D eigenvalue weighted by molar-refractivity contribution is 7.87. The Morgan fingerprint density at radius 3 is 2.42 bits per heavy atom. The summed E-state index contributed by atoms with van der Waals surface area (Å²) in [4.78, 5) is 34.0. The van der Waals surface area contributed by atoms with Gasteiger partial charge in [-0.2, -0.15) is 8.42 Å². The molecule has 0 saturated heterocycles. The second-order valence-corrected chi connectivity index (χ2v) is 7.11. The summed E-state index contributed by atoms with van der Waals surface area (Å²) in [5.74, 6) is -3.70. The van der Waals surface area contributed by atoms with E-state index in [-0.39, 0.29) is 11.1 Å². The van der Waals surface area contributed by atoms with Gasteiger partial charge in [0.1, 0.15) is 5.75 Å². The number of carboxylic acids is 1. The second kappa shape index (κ2) is 7.26. The Hall–Kier alpha value is -2.68. The number of nitrogens with one attached hydrogen (secondary N) is 1. The summed E-state index contributed by atoms with van der Waals surface area (Å²) in [6.45, 7) is 6.13. The van der Waals surface area contributed by atoms with E-state index in [2.05, 4.69) is 16.1 Å². The third-order valence-corrected chi connectivity index (χ3v) is 4.21. The molecule has 2 N–H and O–H groups in total. The molecule has 0 aliphatic heterocycles. The summed E-state index contributed by atoms with van der Waals surface area (Å²) < 4.78 is 28.4. The van der Waals surface area contributed by atoms with Crippen LogP contribution in [-0.4, -0.2) is 42.7 Å². The molecule has 0 heterocycles. The average Bonchev–Trinajstić information content (AvgIpc) is 2.44. The van der Waals surface area contributed by atoms with Crippen LogP contribution >= 0.6 is 0 Å². The van der Waals surface area contributed by atoms with Crippen LogP contribution in [-0.2, 0) is 19.1 Å². The van der Waals surface area contributed by atoms with Crippen LogP contribution in [0.15, 0.2) is 36.9 Å². The van der Waals surface area contributed by atoms with Crippen molar-refractivity contribution >= 4 is 28.0 Å². The molecular weight excluding hydrogens is 338 g/mol. The van der Waals surface area contributed by atoms with Gasteiger partial charge in [0.25, 0.3) is 0 Å². The first kappa shape index (κ1) is 19.4. The third kappa shape index (κ3) is 5.84. The van der Waals surface area contributed by atoms with Crippen LogP contribution in [0.3, 0.4) is 0 Å². The molecule has 1 amide bonds. The topological polar surface area (TPSA) is 127 Å². The van der Waals surface area contributed by atoms with Crippen molar-refractivity contribution in [2.24, 2.45) is 0 Å². The molecule has 0 spiro atoms. The zero-order valence-electron chi connectivity index (χ0n) is 13.1. The van der Waals surface area contributed by atoms with Crippen LogP contribution in [0.4, 0.5) is 0 Å².